The number of carbonyl (C=O) groups is 1. The number of aryl methyl sites for hydroxylation is 1. The second kappa shape index (κ2) is 7.06. The topological polar surface area (TPSA) is 70.6 Å². The molecule has 1 aromatic rings. The first-order valence-electron chi connectivity index (χ1n) is 7.50. The number of sulfonamides is 1. The summed E-state index contributed by atoms with van der Waals surface area (Å²) in [5.74, 6) is -0.0161. The highest BCUT2D eigenvalue weighted by atomic mass is 32.2. The minimum atomic E-state index is -3.13. The third kappa shape index (κ3) is 4.05. The Labute approximate surface area is 136 Å². The van der Waals surface area contributed by atoms with Gasteiger partial charge in [0.15, 0.2) is 0 Å². The number of rotatable bonds is 5. The predicted molar refractivity (Wildman–Crippen MR) is 87.6 cm³/mol. The van der Waals surface area contributed by atoms with Crippen LogP contribution in [0.25, 0.3) is 0 Å². The van der Waals surface area contributed by atoms with Gasteiger partial charge >= 0.3 is 0 Å². The summed E-state index contributed by atoms with van der Waals surface area (Å²) in [5, 5.41) is 0.992. The fourth-order valence-electron chi connectivity index (χ4n) is 2.64. The highest BCUT2D eigenvalue weighted by Gasteiger charge is 2.29. The van der Waals surface area contributed by atoms with E-state index >= 15 is 0 Å². The maximum Gasteiger partial charge on any atom is 0.265 e. The van der Waals surface area contributed by atoms with Gasteiger partial charge in [0.25, 0.3) is 5.91 Å². The average molecular weight is 345 g/mol. The number of amides is 1. The first-order valence-corrected chi connectivity index (χ1v) is 10.2. The van der Waals surface area contributed by atoms with Crippen molar-refractivity contribution in [3.05, 3.63) is 16.1 Å². The molecule has 2 rings (SSSR count). The van der Waals surface area contributed by atoms with Crippen molar-refractivity contribution in [1.29, 1.82) is 0 Å². The smallest absolute Gasteiger partial charge is 0.265 e. The first kappa shape index (κ1) is 17.4. The van der Waals surface area contributed by atoms with Crippen LogP contribution >= 0.6 is 11.3 Å². The molecule has 0 radical (unpaired) electrons. The van der Waals surface area contributed by atoms with Crippen LogP contribution in [0.3, 0.4) is 0 Å². The van der Waals surface area contributed by atoms with Gasteiger partial charge < -0.3 is 4.90 Å². The second-order valence-corrected chi connectivity index (χ2v) is 8.78. The molecule has 22 heavy (non-hydrogen) atoms. The zero-order valence-electron chi connectivity index (χ0n) is 13.3. The molecule has 0 N–H and O–H groups in total. The van der Waals surface area contributed by atoms with Crippen molar-refractivity contribution in [3.8, 4) is 0 Å². The van der Waals surface area contributed by atoms with Crippen LogP contribution in [-0.4, -0.2) is 60.9 Å². The molecule has 1 aliphatic rings. The van der Waals surface area contributed by atoms with Crippen LogP contribution in [0.2, 0.25) is 0 Å². The largest absolute Gasteiger partial charge is 0.338 e. The van der Waals surface area contributed by atoms with Gasteiger partial charge in [0.1, 0.15) is 4.88 Å². The molecule has 0 saturated carbocycles. The molecule has 0 spiro atoms. The van der Waals surface area contributed by atoms with E-state index < -0.39 is 10.0 Å². The van der Waals surface area contributed by atoms with E-state index in [1.165, 1.54) is 21.9 Å². The van der Waals surface area contributed by atoms with Gasteiger partial charge in [-0.3, -0.25) is 4.79 Å². The first-order chi connectivity index (χ1) is 10.3. The van der Waals surface area contributed by atoms with E-state index in [4.69, 9.17) is 0 Å². The van der Waals surface area contributed by atoms with Gasteiger partial charge in [0, 0.05) is 26.2 Å². The molecule has 6 nitrogen and oxygen atoms in total. The quantitative estimate of drug-likeness (QED) is 0.812. The number of piperidine rings is 1. The molecule has 1 aromatic heterocycles. The van der Waals surface area contributed by atoms with Crippen molar-refractivity contribution in [3.63, 3.8) is 0 Å². The lowest BCUT2D eigenvalue weighted by Crippen LogP contribution is -2.46. The molecule has 1 saturated heterocycles. The summed E-state index contributed by atoms with van der Waals surface area (Å²) in [6.07, 6.45) is 6.15. The molecule has 1 aliphatic heterocycles. The van der Waals surface area contributed by atoms with Gasteiger partial charge in [0.05, 0.1) is 17.5 Å². The minimum Gasteiger partial charge on any atom is -0.338 e. The molecule has 1 amide bonds. The Morgan fingerprint density at radius 2 is 2.09 bits per heavy atom. The van der Waals surface area contributed by atoms with Gasteiger partial charge in [-0.1, -0.05) is 6.92 Å². The van der Waals surface area contributed by atoms with Crippen LogP contribution in [0.4, 0.5) is 0 Å². The van der Waals surface area contributed by atoms with Crippen LogP contribution < -0.4 is 0 Å². The van der Waals surface area contributed by atoms with E-state index in [9.17, 15) is 13.2 Å². The van der Waals surface area contributed by atoms with Crippen LogP contribution in [0, 0.1) is 0 Å². The maximum atomic E-state index is 12.5. The Hall–Kier alpha value is -0.990. The summed E-state index contributed by atoms with van der Waals surface area (Å²) in [7, 11) is -1.33. The third-order valence-corrected chi connectivity index (χ3v) is 6.34. The molecule has 0 aliphatic carbocycles. The Balaban J connectivity index is 1.96. The number of aromatic nitrogens is 1. The normalized spacial score (nSPS) is 17.6. The summed E-state index contributed by atoms with van der Waals surface area (Å²) < 4.78 is 24.5. The second-order valence-electron chi connectivity index (χ2n) is 5.68. The van der Waals surface area contributed by atoms with E-state index in [-0.39, 0.29) is 11.9 Å². The fraction of sp³-hybridized carbons (Fsp3) is 0.714. The average Bonchev–Trinajstić information content (AvgIpc) is 2.94. The van der Waals surface area contributed by atoms with E-state index in [1.54, 1.807) is 18.1 Å². The van der Waals surface area contributed by atoms with Crippen molar-refractivity contribution in [2.75, 3.05) is 26.4 Å². The van der Waals surface area contributed by atoms with Crippen LogP contribution in [0.5, 0.6) is 0 Å². The fourth-order valence-corrected chi connectivity index (χ4v) is 4.52. The Morgan fingerprint density at radius 3 is 2.64 bits per heavy atom. The van der Waals surface area contributed by atoms with E-state index in [2.05, 4.69) is 11.9 Å². The van der Waals surface area contributed by atoms with Crippen molar-refractivity contribution in [2.45, 2.75) is 38.6 Å². The number of nitrogens with zero attached hydrogens (tertiary/aromatic N) is 3. The lowest BCUT2D eigenvalue weighted by molar-refractivity contribution is 0.0687. The molecule has 0 unspecified atom stereocenters. The van der Waals surface area contributed by atoms with E-state index in [0.29, 0.717) is 30.8 Å². The van der Waals surface area contributed by atoms with Crippen molar-refractivity contribution >= 4 is 27.3 Å². The molecule has 0 atom stereocenters. The number of thiazole rings is 1. The Bertz CT molecular complexity index is 619. The zero-order valence-corrected chi connectivity index (χ0v) is 14.9. The molecule has 8 heteroatoms. The zero-order chi connectivity index (χ0) is 16.3. The van der Waals surface area contributed by atoms with Crippen LogP contribution in [-0.2, 0) is 16.4 Å². The summed E-state index contributed by atoms with van der Waals surface area (Å²) >= 11 is 1.45. The lowest BCUT2D eigenvalue weighted by Gasteiger charge is -2.35. The summed E-state index contributed by atoms with van der Waals surface area (Å²) in [4.78, 5) is 19.2. The van der Waals surface area contributed by atoms with Gasteiger partial charge in [-0.25, -0.2) is 17.7 Å². The van der Waals surface area contributed by atoms with Gasteiger partial charge in [-0.2, -0.15) is 0 Å². The van der Waals surface area contributed by atoms with Crippen molar-refractivity contribution in [2.24, 2.45) is 0 Å². The monoisotopic (exact) mass is 345 g/mol. The SMILES string of the molecule is CCCc1ncc(C(=O)N(C)C2CCN(S(C)(=O)=O)CC2)s1. The Kier molecular flexibility index (Phi) is 5.57. The van der Waals surface area contributed by atoms with Crippen molar-refractivity contribution in [1.82, 2.24) is 14.2 Å². The third-order valence-electron chi connectivity index (χ3n) is 3.99. The number of hydrogen-bond acceptors (Lipinski definition) is 5. The van der Waals surface area contributed by atoms with E-state index in [0.717, 1.165) is 17.8 Å². The number of carbonyl (C=O) groups excluding carboxylic acids is 1. The van der Waals surface area contributed by atoms with Gasteiger partial charge in [-0.15, -0.1) is 11.3 Å². The molecular formula is C14H23N3O3S2. The molecule has 2 heterocycles. The molecule has 0 bridgehead atoms. The predicted octanol–water partition coefficient (Wildman–Crippen LogP) is 1.59. The van der Waals surface area contributed by atoms with Gasteiger partial charge in [-0.05, 0) is 25.7 Å². The van der Waals surface area contributed by atoms with E-state index in [1.807, 2.05) is 0 Å². The molecule has 124 valence electrons. The highest BCUT2D eigenvalue weighted by molar-refractivity contribution is 7.88. The summed E-state index contributed by atoms with van der Waals surface area (Å²) in [6.45, 7) is 3.04. The highest BCUT2D eigenvalue weighted by Crippen LogP contribution is 2.22. The minimum absolute atomic E-state index is 0.0161. The summed E-state index contributed by atoms with van der Waals surface area (Å²) in [6, 6.07) is 0.0854. The molecular weight excluding hydrogens is 322 g/mol. The maximum absolute atomic E-state index is 12.5. The Morgan fingerprint density at radius 1 is 1.45 bits per heavy atom. The molecule has 0 aromatic carbocycles. The standard InChI is InChI=1S/C14H23N3O3S2/c1-4-5-13-15-10-12(21-13)14(18)16(2)11-6-8-17(9-7-11)22(3,19)20/h10-11H,4-9H2,1-3H3. The number of hydrogen-bond donors (Lipinski definition) is 0. The van der Waals surface area contributed by atoms with Crippen LogP contribution in [0.1, 0.15) is 40.9 Å². The van der Waals surface area contributed by atoms with Crippen LogP contribution in [0.15, 0.2) is 6.20 Å². The van der Waals surface area contributed by atoms with Gasteiger partial charge in [0.2, 0.25) is 10.0 Å². The molecule has 1 fully saturated rings. The lowest BCUT2D eigenvalue weighted by atomic mass is 10.1. The van der Waals surface area contributed by atoms with Crippen molar-refractivity contribution < 1.29 is 13.2 Å². The summed E-state index contributed by atoms with van der Waals surface area (Å²) in [5.41, 5.74) is 0.